The molecule has 0 aliphatic heterocycles. The summed E-state index contributed by atoms with van der Waals surface area (Å²) in [5, 5.41) is 4.08. The van der Waals surface area contributed by atoms with Crippen molar-refractivity contribution in [2.24, 2.45) is 0 Å². The third kappa shape index (κ3) is 2.25. The van der Waals surface area contributed by atoms with E-state index in [0.717, 1.165) is 5.69 Å². The molecule has 0 spiro atoms. The topological polar surface area (TPSA) is 61.2 Å². The molecule has 0 unspecified atom stereocenters. The number of methoxy groups -OCH3 is 1. The highest BCUT2D eigenvalue weighted by molar-refractivity contribution is 7.89. The number of aryl methyl sites for hydroxylation is 1. The summed E-state index contributed by atoms with van der Waals surface area (Å²) in [5.74, 6) is 0.539. The van der Waals surface area contributed by atoms with E-state index in [1.807, 2.05) is 0 Å². The van der Waals surface area contributed by atoms with Crippen LogP contribution < -0.4 is 4.74 Å². The Bertz CT molecular complexity index is 434. The van der Waals surface area contributed by atoms with Gasteiger partial charge in [0.05, 0.1) is 12.8 Å². The third-order valence-electron chi connectivity index (χ3n) is 1.88. The predicted molar refractivity (Wildman–Crippen MR) is 53.1 cm³/mol. The molecule has 5 nitrogen and oxygen atoms in total. The first-order chi connectivity index (χ1) is 6.35. The Balaban J connectivity index is 3.12. The van der Waals surface area contributed by atoms with Crippen LogP contribution in [0.2, 0.25) is 0 Å². The van der Waals surface area contributed by atoms with E-state index < -0.39 is 9.84 Å². The van der Waals surface area contributed by atoms with E-state index in [4.69, 9.17) is 4.74 Å². The average molecular weight is 218 g/mol. The number of hydrogen-bond acceptors (Lipinski definition) is 4. The SMILES string of the molecule is COc1c(C)nn(CS(C)(=O)=O)c1C. The van der Waals surface area contributed by atoms with Gasteiger partial charge in [-0.3, -0.25) is 4.68 Å². The molecule has 0 aliphatic carbocycles. The van der Waals surface area contributed by atoms with Gasteiger partial charge in [0.1, 0.15) is 11.6 Å². The Morgan fingerprint density at radius 1 is 1.43 bits per heavy atom. The molecule has 0 saturated heterocycles. The molecule has 1 heterocycles. The highest BCUT2D eigenvalue weighted by Gasteiger charge is 2.14. The first-order valence-electron chi connectivity index (χ1n) is 4.11. The van der Waals surface area contributed by atoms with Crippen LogP contribution in [0.1, 0.15) is 11.4 Å². The number of nitrogens with zero attached hydrogens (tertiary/aromatic N) is 2. The van der Waals surface area contributed by atoms with Gasteiger partial charge < -0.3 is 4.74 Å². The van der Waals surface area contributed by atoms with E-state index in [9.17, 15) is 8.42 Å². The molecule has 0 fully saturated rings. The summed E-state index contributed by atoms with van der Waals surface area (Å²) in [6.07, 6.45) is 1.18. The van der Waals surface area contributed by atoms with Crippen molar-refractivity contribution in [3.05, 3.63) is 11.4 Å². The second-order valence-electron chi connectivity index (χ2n) is 3.26. The van der Waals surface area contributed by atoms with Crippen molar-refractivity contribution >= 4 is 9.84 Å². The maximum atomic E-state index is 11.1. The standard InChI is InChI=1S/C8H14N2O3S/c1-6-8(13-3)7(2)10(9-6)5-14(4,11)12/h5H2,1-4H3. The summed E-state index contributed by atoms with van der Waals surface area (Å²) < 4.78 is 28.6. The normalized spacial score (nSPS) is 11.7. The minimum Gasteiger partial charge on any atom is -0.493 e. The molecule has 1 aromatic rings. The van der Waals surface area contributed by atoms with Gasteiger partial charge >= 0.3 is 0 Å². The van der Waals surface area contributed by atoms with E-state index in [1.165, 1.54) is 10.9 Å². The average Bonchev–Trinajstić information content (AvgIpc) is 2.24. The Kier molecular flexibility index (Phi) is 2.84. The third-order valence-corrected chi connectivity index (χ3v) is 2.59. The molecular formula is C8H14N2O3S. The summed E-state index contributed by atoms with van der Waals surface area (Å²) in [5.41, 5.74) is 1.43. The molecule has 1 rings (SSSR count). The van der Waals surface area contributed by atoms with Crippen molar-refractivity contribution in [3.63, 3.8) is 0 Å². The van der Waals surface area contributed by atoms with Gasteiger partial charge in [0.2, 0.25) is 0 Å². The lowest BCUT2D eigenvalue weighted by Crippen LogP contribution is -2.11. The maximum Gasteiger partial charge on any atom is 0.167 e. The van der Waals surface area contributed by atoms with Crippen LogP contribution in [0, 0.1) is 13.8 Å². The lowest BCUT2D eigenvalue weighted by atomic mass is 10.3. The predicted octanol–water partition coefficient (Wildman–Crippen LogP) is 0.511. The van der Waals surface area contributed by atoms with Crippen molar-refractivity contribution in [1.82, 2.24) is 9.78 Å². The highest BCUT2D eigenvalue weighted by Crippen LogP contribution is 2.21. The second-order valence-corrected chi connectivity index (χ2v) is 5.37. The fourth-order valence-electron chi connectivity index (χ4n) is 1.32. The molecule has 0 atom stereocenters. The number of sulfone groups is 1. The molecule has 0 bridgehead atoms. The second kappa shape index (κ2) is 3.61. The van der Waals surface area contributed by atoms with E-state index in [0.29, 0.717) is 11.4 Å². The van der Waals surface area contributed by atoms with E-state index in [2.05, 4.69) is 5.10 Å². The molecule has 0 amide bonds. The Hall–Kier alpha value is -1.04. The largest absolute Gasteiger partial charge is 0.493 e. The Morgan fingerprint density at radius 3 is 2.36 bits per heavy atom. The lowest BCUT2D eigenvalue weighted by Gasteiger charge is -2.02. The molecular weight excluding hydrogens is 204 g/mol. The van der Waals surface area contributed by atoms with Crippen molar-refractivity contribution < 1.29 is 13.2 Å². The van der Waals surface area contributed by atoms with Gasteiger partial charge in [-0.05, 0) is 13.8 Å². The van der Waals surface area contributed by atoms with Gasteiger partial charge in [-0.1, -0.05) is 0 Å². The summed E-state index contributed by atoms with van der Waals surface area (Å²) in [6.45, 7) is 3.56. The van der Waals surface area contributed by atoms with Crippen LogP contribution in [-0.4, -0.2) is 31.6 Å². The molecule has 0 aromatic carbocycles. The zero-order chi connectivity index (χ0) is 10.9. The van der Waals surface area contributed by atoms with Crippen molar-refractivity contribution in [2.45, 2.75) is 19.7 Å². The van der Waals surface area contributed by atoms with Crippen LogP contribution in [0.25, 0.3) is 0 Å². The van der Waals surface area contributed by atoms with Gasteiger partial charge in [-0.2, -0.15) is 5.10 Å². The molecule has 0 saturated carbocycles. The minimum absolute atomic E-state index is 0.108. The molecule has 6 heteroatoms. The Morgan fingerprint density at radius 2 is 2.00 bits per heavy atom. The maximum absolute atomic E-state index is 11.1. The summed E-state index contributed by atoms with van der Waals surface area (Å²) >= 11 is 0. The van der Waals surface area contributed by atoms with Gasteiger partial charge in [-0.15, -0.1) is 0 Å². The van der Waals surface area contributed by atoms with Crippen molar-refractivity contribution in [2.75, 3.05) is 13.4 Å². The molecule has 0 aliphatic rings. The molecule has 1 aromatic heterocycles. The number of aromatic nitrogens is 2. The smallest absolute Gasteiger partial charge is 0.167 e. The molecule has 80 valence electrons. The van der Waals surface area contributed by atoms with Crippen LogP contribution in [0.3, 0.4) is 0 Å². The highest BCUT2D eigenvalue weighted by atomic mass is 32.2. The monoisotopic (exact) mass is 218 g/mol. The number of ether oxygens (including phenoxy) is 1. The molecule has 14 heavy (non-hydrogen) atoms. The van der Waals surface area contributed by atoms with E-state index in [-0.39, 0.29) is 5.88 Å². The summed E-state index contributed by atoms with van der Waals surface area (Å²) in [4.78, 5) is 0. The van der Waals surface area contributed by atoms with Gasteiger partial charge in [0.25, 0.3) is 0 Å². The zero-order valence-corrected chi connectivity index (χ0v) is 9.55. The van der Waals surface area contributed by atoms with Crippen LogP contribution in [0.4, 0.5) is 0 Å². The van der Waals surface area contributed by atoms with E-state index >= 15 is 0 Å². The van der Waals surface area contributed by atoms with Gasteiger partial charge in [0.15, 0.2) is 15.6 Å². The van der Waals surface area contributed by atoms with Gasteiger partial charge in [-0.25, -0.2) is 8.42 Å². The van der Waals surface area contributed by atoms with Gasteiger partial charge in [0, 0.05) is 6.26 Å². The first-order valence-corrected chi connectivity index (χ1v) is 6.17. The first kappa shape index (κ1) is 11.0. The summed E-state index contributed by atoms with van der Waals surface area (Å²) in [6, 6.07) is 0. The van der Waals surface area contributed by atoms with Crippen LogP contribution >= 0.6 is 0 Å². The zero-order valence-electron chi connectivity index (χ0n) is 8.73. The number of hydrogen-bond donors (Lipinski definition) is 0. The van der Waals surface area contributed by atoms with Crippen LogP contribution in [-0.2, 0) is 15.7 Å². The fraction of sp³-hybridized carbons (Fsp3) is 0.625. The minimum atomic E-state index is -3.07. The quantitative estimate of drug-likeness (QED) is 0.741. The fourth-order valence-corrected chi connectivity index (χ4v) is 2.02. The van der Waals surface area contributed by atoms with Crippen LogP contribution in [0.5, 0.6) is 5.75 Å². The van der Waals surface area contributed by atoms with Crippen LogP contribution in [0.15, 0.2) is 0 Å². The van der Waals surface area contributed by atoms with E-state index in [1.54, 1.807) is 21.0 Å². The number of rotatable bonds is 3. The lowest BCUT2D eigenvalue weighted by molar-refractivity contribution is 0.407. The summed E-state index contributed by atoms with van der Waals surface area (Å²) in [7, 11) is -1.52. The van der Waals surface area contributed by atoms with Crippen molar-refractivity contribution in [1.29, 1.82) is 0 Å². The molecule has 0 radical (unpaired) electrons. The Labute approximate surface area is 83.6 Å². The molecule has 0 N–H and O–H groups in total. The van der Waals surface area contributed by atoms with Crippen molar-refractivity contribution in [3.8, 4) is 5.75 Å².